The Hall–Kier alpha value is -5.01. The van der Waals surface area contributed by atoms with Gasteiger partial charge in [0.15, 0.2) is 11.9 Å². The molecule has 3 amide bonds. The van der Waals surface area contributed by atoms with E-state index < -0.39 is 23.9 Å². The molecule has 2 aliphatic heterocycles. The second-order valence-corrected chi connectivity index (χ2v) is 11.5. The number of carbonyl (C=O) groups is 3. The van der Waals surface area contributed by atoms with Crippen LogP contribution in [-0.4, -0.2) is 77.9 Å². The van der Waals surface area contributed by atoms with Crippen molar-refractivity contribution in [2.45, 2.75) is 12.6 Å². The number of nitrogens with zero attached hydrogens (tertiary/aromatic N) is 4. The molecule has 1 fully saturated rings. The first-order valence-corrected chi connectivity index (χ1v) is 15.1. The largest absolute Gasteiger partial charge is 0.467 e. The van der Waals surface area contributed by atoms with Crippen molar-refractivity contribution in [3.63, 3.8) is 0 Å². The van der Waals surface area contributed by atoms with Gasteiger partial charge in [-0.15, -0.1) is 11.3 Å². The third-order valence-corrected chi connectivity index (χ3v) is 8.57. The lowest BCUT2D eigenvalue weighted by Crippen LogP contribution is -2.48. The molecule has 4 aromatic rings. The molecule has 3 heterocycles. The van der Waals surface area contributed by atoms with E-state index in [0.29, 0.717) is 36.9 Å². The molecule has 3 aromatic carbocycles. The fourth-order valence-electron chi connectivity index (χ4n) is 5.63. The van der Waals surface area contributed by atoms with E-state index in [1.54, 1.807) is 11.6 Å². The fraction of sp³-hybridized carbons (Fsp3) is 0.250. The summed E-state index contributed by atoms with van der Waals surface area (Å²) in [5, 5.41) is 14.0. The van der Waals surface area contributed by atoms with Crippen LogP contribution in [0.1, 0.15) is 27.5 Å². The summed E-state index contributed by atoms with van der Waals surface area (Å²) >= 11 is 1.23. The highest BCUT2D eigenvalue weighted by molar-refractivity contribution is 7.13. The minimum absolute atomic E-state index is 0.131. The van der Waals surface area contributed by atoms with E-state index in [9.17, 15) is 23.9 Å². The smallest absolute Gasteiger partial charge is 0.407 e. The standard InChI is InChI=1S/C32H30FN5O6S/c1-43-19-44-27-9-6-23(33)17-26(27)28(29(39)35-31-34-10-15-45-31)38-18-22-3-2-21(16-25(22)30(38)40)20-4-7-24(8-5-20)36-11-13-37(14-12-36)32(41)42/h2-10,15-17,28H,11-14,18-19H2,1H3,(H,41,42)(H,34,35,39)/t28-/m1/s1. The molecular weight excluding hydrogens is 601 g/mol. The molecule has 11 nitrogen and oxygen atoms in total. The Bertz CT molecular complexity index is 1710. The number of carbonyl (C=O) groups excluding carboxylic acids is 2. The number of piperazine rings is 1. The number of ether oxygens (including phenoxy) is 2. The van der Waals surface area contributed by atoms with Gasteiger partial charge in [-0.25, -0.2) is 14.2 Å². The molecule has 1 aromatic heterocycles. The Labute approximate surface area is 262 Å². The molecule has 2 aliphatic rings. The maximum Gasteiger partial charge on any atom is 0.407 e. The Kier molecular flexibility index (Phi) is 8.62. The van der Waals surface area contributed by atoms with Gasteiger partial charge in [-0.05, 0) is 53.1 Å². The van der Waals surface area contributed by atoms with Crippen LogP contribution >= 0.6 is 11.3 Å². The lowest BCUT2D eigenvalue weighted by atomic mass is 10.00. The number of hydrogen-bond donors (Lipinski definition) is 2. The first kappa shape index (κ1) is 30.0. The van der Waals surface area contributed by atoms with Gasteiger partial charge in [0.1, 0.15) is 17.6 Å². The molecule has 45 heavy (non-hydrogen) atoms. The molecule has 0 spiro atoms. The number of aromatic nitrogens is 1. The summed E-state index contributed by atoms with van der Waals surface area (Å²) < 4.78 is 25.3. The van der Waals surface area contributed by atoms with Gasteiger partial charge in [0.2, 0.25) is 0 Å². The van der Waals surface area contributed by atoms with Crippen LogP contribution in [-0.2, 0) is 16.1 Å². The predicted octanol–water partition coefficient (Wildman–Crippen LogP) is 5.07. The van der Waals surface area contributed by atoms with Gasteiger partial charge in [0.05, 0.1) is 0 Å². The minimum Gasteiger partial charge on any atom is -0.467 e. The van der Waals surface area contributed by atoms with E-state index in [-0.39, 0.29) is 30.6 Å². The number of amides is 3. The molecule has 0 aliphatic carbocycles. The van der Waals surface area contributed by atoms with Gasteiger partial charge >= 0.3 is 6.09 Å². The highest BCUT2D eigenvalue weighted by atomic mass is 32.1. The predicted molar refractivity (Wildman–Crippen MR) is 166 cm³/mol. The number of thiazole rings is 1. The first-order valence-electron chi connectivity index (χ1n) is 14.2. The lowest BCUT2D eigenvalue weighted by Gasteiger charge is -2.34. The number of methoxy groups -OCH3 is 1. The van der Waals surface area contributed by atoms with E-state index in [0.717, 1.165) is 22.4 Å². The third kappa shape index (κ3) is 6.30. The average Bonchev–Trinajstić information content (AvgIpc) is 3.68. The number of rotatable bonds is 9. The van der Waals surface area contributed by atoms with E-state index >= 15 is 0 Å². The molecule has 1 atom stereocenters. The van der Waals surface area contributed by atoms with Crippen LogP contribution < -0.4 is 15.0 Å². The van der Waals surface area contributed by atoms with E-state index in [4.69, 9.17) is 9.47 Å². The van der Waals surface area contributed by atoms with Crippen molar-refractivity contribution in [1.82, 2.24) is 14.8 Å². The number of fused-ring (bicyclic) bond motifs is 1. The van der Waals surface area contributed by atoms with Gasteiger partial charge in [0.25, 0.3) is 11.8 Å². The number of hydrogen-bond acceptors (Lipinski definition) is 8. The van der Waals surface area contributed by atoms with Crippen molar-refractivity contribution in [2.75, 3.05) is 50.3 Å². The topological polar surface area (TPSA) is 125 Å². The van der Waals surface area contributed by atoms with Crippen LogP contribution in [0.5, 0.6) is 5.75 Å². The number of anilines is 2. The SMILES string of the molecule is COCOc1ccc(F)cc1[C@H](C(=O)Nc1nccs1)N1Cc2ccc(-c3ccc(N4CCN(C(=O)O)CC4)cc3)cc2C1=O. The van der Waals surface area contributed by atoms with E-state index in [2.05, 4.69) is 15.2 Å². The molecule has 232 valence electrons. The van der Waals surface area contributed by atoms with Crippen LogP contribution in [0.3, 0.4) is 0 Å². The van der Waals surface area contributed by atoms with E-state index in [1.807, 2.05) is 42.5 Å². The van der Waals surface area contributed by atoms with Crippen LogP contribution in [0.2, 0.25) is 0 Å². The lowest BCUT2D eigenvalue weighted by molar-refractivity contribution is -0.121. The number of halogens is 1. The zero-order valence-corrected chi connectivity index (χ0v) is 25.1. The summed E-state index contributed by atoms with van der Waals surface area (Å²) in [6.07, 6.45) is 0.645. The van der Waals surface area contributed by atoms with Crippen LogP contribution in [0, 0.1) is 5.82 Å². The van der Waals surface area contributed by atoms with Gasteiger partial charge in [-0.2, -0.15) is 0 Å². The molecule has 0 unspecified atom stereocenters. The summed E-state index contributed by atoms with van der Waals surface area (Å²) in [5.74, 6) is -1.30. The van der Waals surface area contributed by atoms with Crippen molar-refractivity contribution in [3.8, 4) is 16.9 Å². The van der Waals surface area contributed by atoms with Gasteiger partial charge in [-0.1, -0.05) is 24.3 Å². The summed E-state index contributed by atoms with van der Waals surface area (Å²) in [5.41, 5.74) is 4.08. The zero-order valence-electron chi connectivity index (χ0n) is 24.3. The Balaban J connectivity index is 1.27. The van der Waals surface area contributed by atoms with Crippen molar-refractivity contribution in [1.29, 1.82) is 0 Å². The third-order valence-electron chi connectivity index (χ3n) is 7.88. The monoisotopic (exact) mass is 631 g/mol. The van der Waals surface area contributed by atoms with Crippen molar-refractivity contribution in [2.24, 2.45) is 0 Å². The Morgan fingerprint density at radius 3 is 2.49 bits per heavy atom. The highest BCUT2D eigenvalue weighted by Crippen LogP contribution is 2.38. The number of carboxylic acid groups (broad SMARTS) is 1. The second-order valence-electron chi connectivity index (χ2n) is 10.6. The maximum absolute atomic E-state index is 14.6. The summed E-state index contributed by atoms with van der Waals surface area (Å²) in [4.78, 5) is 48.0. The number of nitrogens with one attached hydrogen (secondary N) is 1. The molecule has 2 N–H and O–H groups in total. The summed E-state index contributed by atoms with van der Waals surface area (Å²) in [6.45, 7) is 2.10. The highest BCUT2D eigenvalue weighted by Gasteiger charge is 2.39. The van der Waals surface area contributed by atoms with Crippen molar-refractivity contribution < 1.29 is 33.4 Å². The maximum atomic E-state index is 14.6. The fourth-order valence-corrected chi connectivity index (χ4v) is 6.16. The van der Waals surface area contributed by atoms with Gasteiger partial charge in [0, 0.05) is 68.2 Å². The summed E-state index contributed by atoms with van der Waals surface area (Å²) in [6, 6.07) is 16.1. The molecular formula is C32H30FN5O6S. The molecule has 6 rings (SSSR count). The van der Waals surface area contributed by atoms with Crippen LogP contribution in [0.4, 0.5) is 20.0 Å². The Morgan fingerprint density at radius 1 is 1.04 bits per heavy atom. The molecule has 0 saturated carbocycles. The average molecular weight is 632 g/mol. The van der Waals surface area contributed by atoms with Crippen LogP contribution in [0.15, 0.2) is 72.2 Å². The van der Waals surface area contributed by atoms with Crippen molar-refractivity contribution >= 4 is 40.1 Å². The zero-order chi connectivity index (χ0) is 31.5. The van der Waals surface area contributed by atoms with Crippen LogP contribution in [0.25, 0.3) is 11.1 Å². The van der Waals surface area contributed by atoms with E-state index in [1.165, 1.54) is 46.4 Å². The first-order chi connectivity index (χ1) is 21.8. The van der Waals surface area contributed by atoms with Gasteiger partial charge < -0.3 is 29.3 Å². The molecule has 1 saturated heterocycles. The van der Waals surface area contributed by atoms with Crippen molar-refractivity contribution in [3.05, 3.63) is 94.7 Å². The summed E-state index contributed by atoms with van der Waals surface area (Å²) in [7, 11) is 1.45. The molecule has 0 bridgehead atoms. The second kappa shape index (κ2) is 12.9. The van der Waals surface area contributed by atoms with Gasteiger partial charge in [-0.3, -0.25) is 14.9 Å². The Morgan fingerprint density at radius 2 is 1.80 bits per heavy atom. The minimum atomic E-state index is -1.22. The number of benzene rings is 3. The normalized spacial score (nSPS) is 15.2. The quantitative estimate of drug-likeness (QED) is 0.246. The molecule has 13 heteroatoms. The molecule has 0 radical (unpaired) electrons.